The lowest BCUT2D eigenvalue weighted by Gasteiger charge is -2.29. The van der Waals surface area contributed by atoms with Crippen LogP contribution in [-0.2, 0) is 11.3 Å². The third-order valence-electron chi connectivity index (χ3n) is 3.43. The summed E-state index contributed by atoms with van der Waals surface area (Å²) in [4.78, 5) is 12.7. The van der Waals surface area contributed by atoms with Crippen LogP contribution in [0.2, 0.25) is 0 Å². The maximum absolute atomic E-state index is 13.6. The molecule has 1 aromatic carbocycles. The second-order valence-corrected chi connectivity index (χ2v) is 5.03. The molecule has 0 aromatic heterocycles. The topological polar surface area (TPSA) is 60.8 Å². The highest BCUT2D eigenvalue weighted by atomic mass is 19.1. The van der Waals surface area contributed by atoms with Gasteiger partial charge in [-0.3, -0.25) is 4.90 Å². The molecule has 0 amide bonds. The number of hydrogen-bond donors (Lipinski definition) is 2. The number of likely N-dealkylation sites (tertiary alicyclic amines) is 1. The smallest absolute Gasteiger partial charge is 0.328 e. The molecule has 20 heavy (non-hydrogen) atoms. The number of rotatable bonds is 4. The molecule has 0 saturated carbocycles. The zero-order valence-electron chi connectivity index (χ0n) is 11.1. The Balaban J connectivity index is 2.05. The zero-order valence-corrected chi connectivity index (χ0v) is 11.1. The SMILES string of the molecule is O=C(O)C=Cc1cc(CN2CCC(O)CC2)ccc1F. The van der Waals surface area contributed by atoms with E-state index in [4.69, 9.17) is 5.11 Å². The molecule has 0 bridgehead atoms. The van der Waals surface area contributed by atoms with Gasteiger partial charge in [0.05, 0.1) is 6.10 Å². The van der Waals surface area contributed by atoms with Crippen molar-refractivity contribution in [3.63, 3.8) is 0 Å². The number of benzene rings is 1. The lowest BCUT2D eigenvalue weighted by molar-refractivity contribution is -0.131. The Morgan fingerprint density at radius 2 is 2.10 bits per heavy atom. The van der Waals surface area contributed by atoms with Crippen LogP contribution in [0, 0.1) is 5.82 Å². The van der Waals surface area contributed by atoms with Gasteiger partial charge in [-0.25, -0.2) is 9.18 Å². The maximum atomic E-state index is 13.6. The van der Waals surface area contributed by atoms with Gasteiger partial charge in [-0.1, -0.05) is 6.07 Å². The molecule has 0 radical (unpaired) electrons. The minimum atomic E-state index is -1.10. The van der Waals surface area contributed by atoms with Crippen molar-refractivity contribution < 1.29 is 19.4 Å². The lowest BCUT2D eigenvalue weighted by Crippen LogP contribution is -2.35. The van der Waals surface area contributed by atoms with Gasteiger partial charge in [-0.2, -0.15) is 0 Å². The van der Waals surface area contributed by atoms with Gasteiger partial charge in [0, 0.05) is 31.3 Å². The number of nitrogens with zero attached hydrogens (tertiary/aromatic N) is 1. The number of aliphatic hydroxyl groups is 1. The Morgan fingerprint density at radius 1 is 1.40 bits per heavy atom. The number of piperidine rings is 1. The minimum absolute atomic E-state index is 0.214. The zero-order chi connectivity index (χ0) is 14.5. The third-order valence-corrected chi connectivity index (χ3v) is 3.43. The van der Waals surface area contributed by atoms with Gasteiger partial charge in [0.2, 0.25) is 0 Å². The van der Waals surface area contributed by atoms with E-state index in [9.17, 15) is 14.3 Å². The molecule has 1 aliphatic heterocycles. The number of carboxylic acids is 1. The van der Waals surface area contributed by atoms with Crippen molar-refractivity contribution in [3.05, 3.63) is 41.2 Å². The number of hydrogen-bond acceptors (Lipinski definition) is 3. The van der Waals surface area contributed by atoms with Crippen LogP contribution in [0.3, 0.4) is 0 Å². The quantitative estimate of drug-likeness (QED) is 0.826. The fourth-order valence-electron chi connectivity index (χ4n) is 2.32. The molecule has 1 fully saturated rings. The number of halogens is 1. The van der Waals surface area contributed by atoms with Crippen molar-refractivity contribution in [1.29, 1.82) is 0 Å². The summed E-state index contributed by atoms with van der Waals surface area (Å²) in [6, 6.07) is 4.73. The molecular weight excluding hydrogens is 261 g/mol. The molecule has 1 saturated heterocycles. The molecular formula is C15H18FNO3. The van der Waals surface area contributed by atoms with Crippen LogP contribution >= 0.6 is 0 Å². The van der Waals surface area contributed by atoms with Crippen molar-refractivity contribution in [2.45, 2.75) is 25.5 Å². The van der Waals surface area contributed by atoms with Gasteiger partial charge in [0.1, 0.15) is 5.82 Å². The van der Waals surface area contributed by atoms with Crippen LogP contribution < -0.4 is 0 Å². The summed E-state index contributed by atoms with van der Waals surface area (Å²) in [5.41, 5.74) is 1.22. The molecule has 0 spiro atoms. The van der Waals surface area contributed by atoms with Gasteiger partial charge < -0.3 is 10.2 Å². The second kappa shape index (κ2) is 6.63. The molecule has 0 aliphatic carbocycles. The summed E-state index contributed by atoms with van der Waals surface area (Å²) in [6.07, 6.45) is 3.49. The first kappa shape index (κ1) is 14.7. The van der Waals surface area contributed by atoms with E-state index in [1.807, 2.05) is 0 Å². The Bertz CT molecular complexity index is 508. The van der Waals surface area contributed by atoms with E-state index in [2.05, 4.69) is 4.90 Å². The van der Waals surface area contributed by atoms with Crippen LogP contribution in [0.15, 0.2) is 24.3 Å². The van der Waals surface area contributed by atoms with Gasteiger partial charge in [-0.05, 0) is 36.6 Å². The normalized spacial score (nSPS) is 17.7. The van der Waals surface area contributed by atoms with E-state index in [-0.39, 0.29) is 11.7 Å². The van der Waals surface area contributed by atoms with Gasteiger partial charge in [0.25, 0.3) is 0 Å². The molecule has 1 aromatic rings. The van der Waals surface area contributed by atoms with E-state index >= 15 is 0 Å². The molecule has 0 unspecified atom stereocenters. The predicted molar refractivity (Wildman–Crippen MR) is 73.6 cm³/mol. The number of carbonyl (C=O) groups is 1. The summed E-state index contributed by atoms with van der Waals surface area (Å²) >= 11 is 0. The highest BCUT2D eigenvalue weighted by molar-refractivity contribution is 5.85. The van der Waals surface area contributed by atoms with Crippen LogP contribution in [-0.4, -0.2) is 40.3 Å². The van der Waals surface area contributed by atoms with Gasteiger partial charge in [0.15, 0.2) is 0 Å². The van der Waals surface area contributed by atoms with Crippen molar-refractivity contribution in [3.8, 4) is 0 Å². The Morgan fingerprint density at radius 3 is 2.75 bits per heavy atom. The first-order valence-electron chi connectivity index (χ1n) is 6.64. The van der Waals surface area contributed by atoms with Gasteiger partial charge in [-0.15, -0.1) is 0 Å². The maximum Gasteiger partial charge on any atom is 0.328 e. The van der Waals surface area contributed by atoms with Crippen LogP contribution in [0.1, 0.15) is 24.0 Å². The summed E-state index contributed by atoms with van der Waals surface area (Å²) < 4.78 is 13.6. The molecule has 2 N–H and O–H groups in total. The van der Waals surface area contributed by atoms with Gasteiger partial charge >= 0.3 is 5.97 Å². The first-order valence-corrected chi connectivity index (χ1v) is 6.64. The average molecular weight is 279 g/mol. The minimum Gasteiger partial charge on any atom is -0.478 e. The number of aliphatic carboxylic acids is 1. The monoisotopic (exact) mass is 279 g/mol. The molecule has 0 atom stereocenters. The fourth-order valence-corrected chi connectivity index (χ4v) is 2.32. The molecule has 4 nitrogen and oxygen atoms in total. The largest absolute Gasteiger partial charge is 0.478 e. The first-order chi connectivity index (χ1) is 9.54. The van der Waals surface area contributed by atoms with Crippen LogP contribution in [0.5, 0.6) is 0 Å². The van der Waals surface area contributed by atoms with E-state index in [1.165, 1.54) is 12.1 Å². The molecule has 108 valence electrons. The van der Waals surface area contributed by atoms with Crippen molar-refractivity contribution in [2.24, 2.45) is 0 Å². The summed E-state index contributed by atoms with van der Waals surface area (Å²) in [5.74, 6) is -1.53. The van der Waals surface area contributed by atoms with Crippen molar-refractivity contribution in [2.75, 3.05) is 13.1 Å². The summed E-state index contributed by atoms with van der Waals surface area (Å²) in [5, 5.41) is 18.0. The molecule has 1 heterocycles. The van der Waals surface area contributed by atoms with Crippen LogP contribution in [0.4, 0.5) is 4.39 Å². The van der Waals surface area contributed by atoms with E-state index in [0.29, 0.717) is 6.54 Å². The second-order valence-electron chi connectivity index (χ2n) is 5.03. The molecule has 5 heteroatoms. The highest BCUT2D eigenvalue weighted by Gasteiger charge is 2.17. The van der Waals surface area contributed by atoms with Crippen molar-refractivity contribution in [1.82, 2.24) is 4.90 Å². The predicted octanol–water partition coefficient (Wildman–Crippen LogP) is 1.88. The summed E-state index contributed by atoms with van der Waals surface area (Å²) in [7, 11) is 0. The molecule has 2 rings (SSSR count). The lowest BCUT2D eigenvalue weighted by atomic mass is 10.1. The summed E-state index contributed by atoms with van der Waals surface area (Å²) in [6.45, 7) is 2.32. The van der Waals surface area contributed by atoms with E-state index in [0.717, 1.165) is 37.6 Å². The molecule has 1 aliphatic rings. The number of carboxylic acid groups (broad SMARTS) is 1. The van der Waals surface area contributed by atoms with Crippen LogP contribution in [0.25, 0.3) is 6.08 Å². The Hall–Kier alpha value is -1.72. The van der Waals surface area contributed by atoms with E-state index < -0.39 is 11.8 Å². The standard InChI is InChI=1S/C15H18FNO3/c16-14-3-1-11(9-12(14)2-4-15(19)20)10-17-7-5-13(18)6-8-17/h1-4,9,13,18H,5-8,10H2,(H,19,20). The average Bonchev–Trinajstić information content (AvgIpc) is 2.42. The number of aliphatic hydroxyl groups excluding tert-OH is 1. The van der Waals surface area contributed by atoms with Crippen molar-refractivity contribution >= 4 is 12.0 Å². The fraction of sp³-hybridized carbons (Fsp3) is 0.400. The highest BCUT2D eigenvalue weighted by Crippen LogP contribution is 2.17. The van der Waals surface area contributed by atoms with E-state index in [1.54, 1.807) is 12.1 Å². The Kier molecular flexibility index (Phi) is 4.87. The Labute approximate surface area is 117 Å². The third kappa shape index (κ3) is 4.15.